The van der Waals surface area contributed by atoms with Gasteiger partial charge in [-0.05, 0) is 87.7 Å². The van der Waals surface area contributed by atoms with Crippen LogP contribution in [0.15, 0.2) is 88.2 Å². The molecule has 0 saturated heterocycles. The molecule has 0 fully saturated rings. The third-order valence-corrected chi connectivity index (χ3v) is 8.73. The molecule has 0 amide bonds. The molecule has 6 aromatic rings. The van der Waals surface area contributed by atoms with Crippen molar-refractivity contribution in [3.8, 4) is 11.1 Å². The average Bonchev–Trinajstić information content (AvgIpc) is 3.25. The van der Waals surface area contributed by atoms with Crippen LogP contribution in [0.4, 0.5) is 0 Å². The molecule has 0 aliphatic heterocycles. The SMILES string of the molecule is O=S(=O)(Cl)c1cc(-c2ccc3ccc4c5c(ccc4c3c2)CCCC5)c2c(c1)oc1ccccc12. The number of aryl methyl sites for hydroxylation is 2. The van der Waals surface area contributed by atoms with E-state index < -0.39 is 9.05 Å². The number of benzene rings is 5. The molecule has 1 aliphatic carbocycles. The molecule has 172 valence electrons. The summed E-state index contributed by atoms with van der Waals surface area (Å²) < 4.78 is 30.7. The topological polar surface area (TPSA) is 47.3 Å². The van der Waals surface area contributed by atoms with Gasteiger partial charge in [0, 0.05) is 27.5 Å². The summed E-state index contributed by atoms with van der Waals surface area (Å²) in [7, 11) is 1.85. The van der Waals surface area contributed by atoms with Crippen molar-refractivity contribution < 1.29 is 12.8 Å². The minimum atomic E-state index is -3.94. The number of hydrogen-bond acceptors (Lipinski definition) is 3. The van der Waals surface area contributed by atoms with Gasteiger partial charge in [-0.15, -0.1) is 0 Å². The predicted molar refractivity (Wildman–Crippen MR) is 144 cm³/mol. The molecule has 0 spiro atoms. The Balaban J connectivity index is 1.56. The molecule has 1 aromatic heterocycles. The first-order valence-corrected chi connectivity index (χ1v) is 14.2. The van der Waals surface area contributed by atoms with Crippen molar-refractivity contribution in [3.63, 3.8) is 0 Å². The highest BCUT2D eigenvalue weighted by atomic mass is 35.7. The number of halogens is 1. The second-order valence-corrected chi connectivity index (χ2v) is 12.0. The molecule has 35 heavy (non-hydrogen) atoms. The van der Waals surface area contributed by atoms with Gasteiger partial charge in [0.25, 0.3) is 9.05 Å². The van der Waals surface area contributed by atoms with E-state index in [9.17, 15) is 8.42 Å². The monoisotopic (exact) mass is 496 g/mol. The average molecular weight is 497 g/mol. The third-order valence-electron chi connectivity index (χ3n) is 7.39. The minimum Gasteiger partial charge on any atom is -0.456 e. The standard InChI is InChI=1S/C30H21ClO3S/c31-35(32,33)21-16-27(30-25-7-3-4-8-28(25)34-29(30)17-21)20-10-9-19-12-13-23-22-6-2-1-5-18(22)11-14-24(23)26(19)15-20/h3-4,7-17H,1-2,5-6H2. The van der Waals surface area contributed by atoms with Gasteiger partial charge in [0.2, 0.25) is 0 Å². The van der Waals surface area contributed by atoms with Gasteiger partial charge in [-0.1, -0.05) is 54.6 Å². The zero-order chi connectivity index (χ0) is 23.7. The van der Waals surface area contributed by atoms with Crippen molar-refractivity contribution in [1.82, 2.24) is 0 Å². The molecule has 5 heteroatoms. The van der Waals surface area contributed by atoms with Crippen molar-refractivity contribution in [2.24, 2.45) is 0 Å². The van der Waals surface area contributed by atoms with Gasteiger partial charge in [0.1, 0.15) is 11.2 Å². The molecule has 0 saturated carbocycles. The highest BCUT2D eigenvalue weighted by Crippen LogP contribution is 2.41. The summed E-state index contributed by atoms with van der Waals surface area (Å²) >= 11 is 0. The van der Waals surface area contributed by atoms with Crippen LogP contribution in [0.25, 0.3) is 54.6 Å². The molecule has 1 aliphatic rings. The quantitative estimate of drug-likeness (QED) is 0.179. The molecular formula is C30H21ClO3S. The Hall–Kier alpha value is -3.34. The number of furan rings is 1. The molecule has 0 N–H and O–H groups in total. The Morgan fingerprint density at radius 1 is 0.714 bits per heavy atom. The Labute approximate surface area is 207 Å². The fourth-order valence-electron chi connectivity index (χ4n) is 5.75. The van der Waals surface area contributed by atoms with E-state index in [0.29, 0.717) is 11.2 Å². The van der Waals surface area contributed by atoms with Crippen LogP contribution in [0.5, 0.6) is 0 Å². The van der Waals surface area contributed by atoms with Gasteiger partial charge in [0.05, 0.1) is 4.90 Å². The normalized spacial score (nSPS) is 14.2. The first-order chi connectivity index (χ1) is 17.0. The highest BCUT2D eigenvalue weighted by molar-refractivity contribution is 8.13. The Morgan fingerprint density at radius 2 is 1.51 bits per heavy atom. The first kappa shape index (κ1) is 21.0. The predicted octanol–water partition coefficient (Wildman–Crippen LogP) is 8.37. The lowest BCUT2D eigenvalue weighted by Gasteiger charge is -2.19. The fraction of sp³-hybridized carbons (Fsp3) is 0.133. The second-order valence-electron chi connectivity index (χ2n) is 9.39. The molecule has 0 radical (unpaired) electrons. The maximum Gasteiger partial charge on any atom is 0.261 e. The fourth-order valence-corrected chi connectivity index (χ4v) is 6.53. The van der Waals surface area contributed by atoms with Gasteiger partial charge in [-0.3, -0.25) is 0 Å². The van der Waals surface area contributed by atoms with Crippen molar-refractivity contribution in [2.45, 2.75) is 30.6 Å². The number of fused-ring (bicyclic) bond motifs is 8. The van der Waals surface area contributed by atoms with E-state index in [4.69, 9.17) is 15.1 Å². The lowest BCUT2D eigenvalue weighted by Crippen LogP contribution is -2.03. The lowest BCUT2D eigenvalue weighted by atomic mass is 9.86. The first-order valence-electron chi connectivity index (χ1n) is 11.8. The van der Waals surface area contributed by atoms with Crippen LogP contribution < -0.4 is 0 Å². The summed E-state index contributed by atoms with van der Waals surface area (Å²) in [5.41, 5.74) is 5.89. The molecule has 0 atom stereocenters. The zero-order valence-electron chi connectivity index (χ0n) is 18.8. The number of para-hydroxylation sites is 1. The molecule has 0 unspecified atom stereocenters. The summed E-state index contributed by atoms with van der Waals surface area (Å²) in [5, 5.41) is 6.71. The summed E-state index contributed by atoms with van der Waals surface area (Å²) in [4.78, 5) is 0.0350. The molecule has 1 heterocycles. The number of rotatable bonds is 2. The van der Waals surface area contributed by atoms with Gasteiger partial charge in [-0.25, -0.2) is 8.42 Å². The van der Waals surface area contributed by atoms with Crippen molar-refractivity contribution in [2.75, 3.05) is 0 Å². The van der Waals surface area contributed by atoms with E-state index in [1.807, 2.05) is 30.3 Å². The van der Waals surface area contributed by atoms with Crippen LogP contribution in [-0.2, 0) is 21.9 Å². The van der Waals surface area contributed by atoms with Crippen LogP contribution in [0.3, 0.4) is 0 Å². The lowest BCUT2D eigenvalue weighted by molar-refractivity contribution is 0.609. The smallest absolute Gasteiger partial charge is 0.261 e. The maximum atomic E-state index is 12.3. The summed E-state index contributed by atoms with van der Waals surface area (Å²) in [5.74, 6) is 0. The van der Waals surface area contributed by atoms with Crippen LogP contribution >= 0.6 is 10.7 Å². The van der Waals surface area contributed by atoms with E-state index in [0.717, 1.165) is 45.5 Å². The molecular weight excluding hydrogens is 476 g/mol. The second kappa shape index (κ2) is 7.58. The van der Waals surface area contributed by atoms with Gasteiger partial charge >= 0.3 is 0 Å². The number of hydrogen-bond donors (Lipinski definition) is 0. The van der Waals surface area contributed by atoms with Crippen LogP contribution in [0.2, 0.25) is 0 Å². The van der Waals surface area contributed by atoms with Crippen molar-refractivity contribution in [3.05, 3.63) is 90.0 Å². The van der Waals surface area contributed by atoms with Gasteiger partial charge in [-0.2, -0.15) is 0 Å². The molecule has 0 bridgehead atoms. The van der Waals surface area contributed by atoms with E-state index >= 15 is 0 Å². The third kappa shape index (κ3) is 3.28. The van der Waals surface area contributed by atoms with Gasteiger partial charge < -0.3 is 4.42 Å². The zero-order valence-corrected chi connectivity index (χ0v) is 20.4. The van der Waals surface area contributed by atoms with Crippen LogP contribution in [-0.4, -0.2) is 8.42 Å². The van der Waals surface area contributed by atoms with E-state index in [1.54, 1.807) is 6.07 Å². The van der Waals surface area contributed by atoms with Crippen molar-refractivity contribution in [1.29, 1.82) is 0 Å². The summed E-state index contributed by atoms with van der Waals surface area (Å²) in [6.07, 6.45) is 4.75. The van der Waals surface area contributed by atoms with Gasteiger partial charge in [0.15, 0.2) is 0 Å². The molecule has 3 nitrogen and oxygen atoms in total. The largest absolute Gasteiger partial charge is 0.456 e. The molecule has 7 rings (SSSR count). The summed E-state index contributed by atoms with van der Waals surface area (Å²) in [6.45, 7) is 0. The highest BCUT2D eigenvalue weighted by Gasteiger charge is 2.20. The van der Waals surface area contributed by atoms with E-state index in [-0.39, 0.29) is 4.90 Å². The Morgan fingerprint density at radius 3 is 2.40 bits per heavy atom. The Bertz CT molecular complexity index is 1930. The Kier molecular flexibility index (Phi) is 4.54. The minimum absolute atomic E-state index is 0.0350. The van der Waals surface area contributed by atoms with Crippen LogP contribution in [0.1, 0.15) is 24.0 Å². The van der Waals surface area contributed by atoms with E-state index in [2.05, 4.69) is 36.4 Å². The summed E-state index contributed by atoms with van der Waals surface area (Å²) in [6, 6.07) is 26.3. The molecule has 5 aromatic carbocycles. The maximum absolute atomic E-state index is 12.3. The van der Waals surface area contributed by atoms with Crippen molar-refractivity contribution >= 4 is 63.2 Å². The van der Waals surface area contributed by atoms with Crippen LogP contribution in [0, 0.1) is 0 Å². The van der Waals surface area contributed by atoms with E-state index in [1.165, 1.54) is 40.8 Å².